The Balaban J connectivity index is 2.23. The van der Waals surface area contributed by atoms with Crippen molar-refractivity contribution >= 4 is 39.7 Å². The Labute approximate surface area is 184 Å². The third kappa shape index (κ3) is 5.14. The van der Waals surface area contributed by atoms with Gasteiger partial charge in [-0.1, -0.05) is 13.3 Å². The molecule has 0 aliphatic carbocycles. The summed E-state index contributed by atoms with van der Waals surface area (Å²) in [4.78, 5) is 27.8. The molecule has 1 aromatic heterocycles. The van der Waals surface area contributed by atoms with Gasteiger partial charge in [0.1, 0.15) is 0 Å². The summed E-state index contributed by atoms with van der Waals surface area (Å²) in [6, 6.07) is 1.60. The minimum absolute atomic E-state index is 0.153. The number of nitrogens with one attached hydrogen (secondary N) is 3. The Kier molecular flexibility index (Phi) is 7.89. The number of rotatable bonds is 7. The lowest BCUT2D eigenvalue weighted by Crippen LogP contribution is -2.29. The number of carbonyl (C=O) groups excluding carboxylic acids is 2. The summed E-state index contributed by atoms with van der Waals surface area (Å²) in [5.74, 6) is -0.153. The lowest BCUT2D eigenvalue weighted by Gasteiger charge is -2.25. The van der Waals surface area contributed by atoms with Gasteiger partial charge in [0.05, 0.1) is 9.88 Å². The summed E-state index contributed by atoms with van der Waals surface area (Å²) in [6.45, 7) is 12.9. The van der Waals surface area contributed by atoms with Crippen molar-refractivity contribution in [3.63, 3.8) is 0 Å². The summed E-state index contributed by atoms with van der Waals surface area (Å²) in [7, 11) is 4.07. The van der Waals surface area contributed by atoms with Crippen LogP contribution in [-0.2, 0) is 0 Å². The maximum Gasteiger partial charge on any atom is 0.319 e. The number of aryl methyl sites for hydroxylation is 1. The van der Waals surface area contributed by atoms with Gasteiger partial charge in [-0.2, -0.15) is 0 Å². The van der Waals surface area contributed by atoms with E-state index in [1.165, 1.54) is 17.0 Å². The van der Waals surface area contributed by atoms with E-state index in [4.69, 9.17) is 0 Å². The van der Waals surface area contributed by atoms with Crippen LogP contribution in [0.4, 0.5) is 21.2 Å². The van der Waals surface area contributed by atoms with Gasteiger partial charge in [0, 0.05) is 32.0 Å². The van der Waals surface area contributed by atoms with Gasteiger partial charge >= 0.3 is 6.03 Å². The molecule has 30 heavy (non-hydrogen) atoms. The number of benzene rings is 1. The number of anilines is 3. The first kappa shape index (κ1) is 23.7. The summed E-state index contributed by atoms with van der Waals surface area (Å²) >= 11 is 1.29. The molecule has 0 radical (unpaired) electrons. The molecule has 0 bridgehead atoms. The fourth-order valence-corrected chi connectivity index (χ4v) is 4.59. The molecule has 2 aromatic rings. The first-order valence-corrected chi connectivity index (χ1v) is 11.1. The third-order valence-electron chi connectivity index (χ3n) is 5.45. The van der Waals surface area contributed by atoms with Crippen molar-refractivity contribution < 1.29 is 9.59 Å². The summed E-state index contributed by atoms with van der Waals surface area (Å²) in [6.07, 6.45) is 1.96. The molecule has 0 aliphatic rings. The molecule has 7 heteroatoms. The van der Waals surface area contributed by atoms with Crippen LogP contribution in [0.3, 0.4) is 0 Å². The molecule has 0 atom stereocenters. The second-order valence-electron chi connectivity index (χ2n) is 7.93. The van der Waals surface area contributed by atoms with Gasteiger partial charge in [-0.3, -0.25) is 10.1 Å². The SMILES string of the molecule is CCCCNC(=O)Nc1cc(C)c(C(=O)Nc2c(C)c(C)c(N(C)C)c(C)c2C)s1. The highest BCUT2D eigenvalue weighted by atomic mass is 32.1. The smallest absolute Gasteiger partial charge is 0.319 e. The number of hydrogen-bond donors (Lipinski definition) is 3. The maximum absolute atomic E-state index is 13.1. The highest BCUT2D eigenvalue weighted by molar-refractivity contribution is 7.18. The van der Waals surface area contributed by atoms with E-state index < -0.39 is 0 Å². The first-order chi connectivity index (χ1) is 14.1. The molecule has 0 fully saturated rings. The van der Waals surface area contributed by atoms with Crippen LogP contribution in [0.15, 0.2) is 6.07 Å². The molecule has 0 aliphatic heterocycles. The van der Waals surface area contributed by atoms with Gasteiger partial charge in [0.25, 0.3) is 5.91 Å². The van der Waals surface area contributed by atoms with E-state index in [1.54, 1.807) is 0 Å². The Morgan fingerprint density at radius 3 is 2.10 bits per heavy atom. The van der Waals surface area contributed by atoms with Gasteiger partial charge < -0.3 is 15.5 Å². The van der Waals surface area contributed by atoms with Crippen LogP contribution < -0.4 is 20.9 Å². The number of thiophene rings is 1. The molecule has 0 saturated carbocycles. The van der Waals surface area contributed by atoms with Crippen LogP contribution in [0, 0.1) is 34.6 Å². The molecular weight excluding hydrogens is 396 g/mol. The molecule has 0 saturated heterocycles. The van der Waals surface area contributed by atoms with Crippen LogP contribution in [0.1, 0.15) is 57.3 Å². The first-order valence-electron chi connectivity index (χ1n) is 10.3. The summed E-state index contributed by atoms with van der Waals surface area (Å²) in [5, 5.41) is 9.43. The van der Waals surface area contributed by atoms with Gasteiger partial charge in [0.2, 0.25) is 0 Å². The Morgan fingerprint density at radius 1 is 0.967 bits per heavy atom. The van der Waals surface area contributed by atoms with E-state index in [1.807, 2.05) is 40.9 Å². The van der Waals surface area contributed by atoms with Crippen LogP contribution in [0.5, 0.6) is 0 Å². The van der Waals surface area contributed by atoms with Crippen molar-refractivity contribution in [3.8, 4) is 0 Å². The molecule has 3 amide bonds. The number of hydrogen-bond acceptors (Lipinski definition) is 4. The van der Waals surface area contributed by atoms with E-state index in [2.05, 4.69) is 41.6 Å². The highest BCUT2D eigenvalue weighted by Crippen LogP contribution is 2.36. The average molecular weight is 431 g/mol. The fraction of sp³-hybridized carbons (Fsp3) is 0.478. The van der Waals surface area contributed by atoms with Gasteiger partial charge in [-0.15, -0.1) is 11.3 Å². The lowest BCUT2D eigenvalue weighted by molar-refractivity contribution is 0.103. The van der Waals surface area contributed by atoms with Gasteiger partial charge in [-0.05, 0) is 74.9 Å². The third-order valence-corrected chi connectivity index (χ3v) is 6.60. The second kappa shape index (κ2) is 9.98. The number of carbonyl (C=O) groups is 2. The number of urea groups is 1. The minimum Gasteiger partial charge on any atom is -0.377 e. The van der Waals surface area contributed by atoms with Crippen molar-refractivity contribution in [2.45, 2.75) is 54.4 Å². The second-order valence-corrected chi connectivity index (χ2v) is 8.98. The Morgan fingerprint density at radius 2 is 1.57 bits per heavy atom. The predicted octanol–water partition coefficient (Wildman–Crippen LogP) is 5.53. The highest BCUT2D eigenvalue weighted by Gasteiger charge is 2.20. The molecular formula is C23H34N4O2S. The normalized spacial score (nSPS) is 10.7. The number of nitrogens with zero attached hydrogens (tertiary/aromatic N) is 1. The van der Waals surface area contributed by atoms with Crippen LogP contribution in [0.2, 0.25) is 0 Å². The molecule has 2 rings (SSSR count). The van der Waals surface area contributed by atoms with Gasteiger partial charge in [-0.25, -0.2) is 4.79 Å². The fourth-order valence-electron chi connectivity index (χ4n) is 3.63. The molecule has 3 N–H and O–H groups in total. The van der Waals surface area contributed by atoms with E-state index in [0.29, 0.717) is 16.4 Å². The number of amides is 3. The molecule has 0 unspecified atom stereocenters. The molecule has 0 spiro atoms. The van der Waals surface area contributed by atoms with Crippen LogP contribution in [-0.4, -0.2) is 32.6 Å². The van der Waals surface area contributed by atoms with Crippen molar-refractivity contribution in [2.75, 3.05) is 36.2 Å². The zero-order chi connectivity index (χ0) is 22.6. The van der Waals surface area contributed by atoms with E-state index in [0.717, 1.165) is 46.3 Å². The van der Waals surface area contributed by atoms with Crippen molar-refractivity contribution in [3.05, 3.63) is 38.8 Å². The summed E-state index contributed by atoms with van der Waals surface area (Å²) < 4.78 is 0. The standard InChI is InChI=1S/C23H34N4O2S/c1-9-10-11-24-23(29)25-18-12-13(2)21(30-18)22(28)26-19-14(3)16(5)20(27(7)8)17(6)15(19)4/h12H,9-11H2,1-8H3,(H,26,28)(H2,24,25,29). The van der Waals surface area contributed by atoms with Crippen molar-refractivity contribution in [1.82, 2.24) is 5.32 Å². The zero-order valence-electron chi connectivity index (χ0n) is 19.4. The Bertz CT molecular complexity index is 918. The minimum atomic E-state index is -0.242. The van der Waals surface area contributed by atoms with Crippen molar-refractivity contribution in [2.24, 2.45) is 0 Å². The van der Waals surface area contributed by atoms with E-state index >= 15 is 0 Å². The van der Waals surface area contributed by atoms with Gasteiger partial charge in [0.15, 0.2) is 0 Å². The summed E-state index contributed by atoms with van der Waals surface area (Å²) in [5.41, 5.74) is 7.35. The zero-order valence-corrected chi connectivity index (χ0v) is 20.2. The molecule has 164 valence electrons. The quantitative estimate of drug-likeness (QED) is 0.506. The van der Waals surface area contributed by atoms with Crippen LogP contribution >= 0.6 is 11.3 Å². The lowest BCUT2D eigenvalue weighted by atomic mass is 9.95. The van der Waals surface area contributed by atoms with Crippen LogP contribution in [0.25, 0.3) is 0 Å². The molecule has 1 aromatic carbocycles. The maximum atomic E-state index is 13.1. The Hall–Kier alpha value is -2.54. The predicted molar refractivity (Wildman–Crippen MR) is 129 cm³/mol. The molecule has 6 nitrogen and oxygen atoms in total. The van der Waals surface area contributed by atoms with Crippen molar-refractivity contribution in [1.29, 1.82) is 0 Å². The van der Waals surface area contributed by atoms with E-state index in [-0.39, 0.29) is 11.9 Å². The topological polar surface area (TPSA) is 73.5 Å². The average Bonchev–Trinajstić information content (AvgIpc) is 3.03. The number of unbranched alkanes of at least 4 members (excludes halogenated alkanes) is 1. The van der Waals surface area contributed by atoms with E-state index in [9.17, 15) is 9.59 Å². The molecule has 1 heterocycles. The largest absolute Gasteiger partial charge is 0.377 e. The monoisotopic (exact) mass is 430 g/mol.